The summed E-state index contributed by atoms with van der Waals surface area (Å²) in [6.07, 6.45) is -4.59. The van der Waals surface area contributed by atoms with Crippen LogP contribution in [0.4, 0.5) is 24.8 Å². The molecule has 1 fully saturated rings. The van der Waals surface area contributed by atoms with Gasteiger partial charge in [0.05, 0.1) is 11.3 Å². The number of nitrogens with one attached hydrogen (secondary N) is 1. The summed E-state index contributed by atoms with van der Waals surface area (Å²) in [6, 6.07) is 21.0. The van der Waals surface area contributed by atoms with Gasteiger partial charge in [-0.05, 0) is 48.0 Å². The van der Waals surface area contributed by atoms with Crippen LogP contribution in [0, 0.1) is 0 Å². The first-order valence-corrected chi connectivity index (χ1v) is 13.8. The Morgan fingerprint density at radius 3 is 2.21 bits per heavy atom. The number of aromatic nitrogens is 2. The molecule has 1 aliphatic heterocycles. The van der Waals surface area contributed by atoms with E-state index in [1.807, 2.05) is 35.2 Å². The van der Waals surface area contributed by atoms with Crippen molar-refractivity contribution in [2.75, 3.05) is 36.0 Å². The third-order valence-electron chi connectivity index (χ3n) is 7.07. The number of halogens is 4. The van der Waals surface area contributed by atoms with Crippen molar-refractivity contribution < 1.29 is 27.9 Å². The van der Waals surface area contributed by atoms with E-state index in [2.05, 4.69) is 20.2 Å². The number of benzene rings is 3. The molecule has 0 aliphatic carbocycles. The lowest BCUT2D eigenvalue weighted by atomic mass is 10.1. The Balaban J connectivity index is 1.44. The van der Waals surface area contributed by atoms with Gasteiger partial charge in [-0.25, -0.2) is 14.8 Å². The Kier molecular flexibility index (Phi) is 8.81. The molecule has 0 spiro atoms. The molecule has 2 heterocycles. The van der Waals surface area contributed by atoms with Crippen molar-refractivity contribution >= 4 is 35.1 Å². The minimum atomic E-state index is -4.57. The number of piperazine rings is 1. The monoisotopic (exact) mass is 609 g/mol. The fraction of sp³-hybridized carbons (Fsp3) is 0.226. The Morgan fingerprint density at radius 2 is 1.56 bits per heavy atom. The molecule has 1 aliphatic rings. The molecule has 4 aromatic rings. The van der Waals surface area contributed by atoms with E-state index in [-0.39, 0.29) is 29.3 Å². The van der Waals surface area contributed by atoms with Gasteiger partial charge in [0.2, 0.25) is 5.95 Å². The Hall–Kier alpha value is -4.64. The zero-order valence-corrected chi connectivity index (χ0v) is 23.5. The summed E-state index contributed by atoms with van der Waals surface area (Å²) in [5.41, 5.74) is 0.928. The molecule has 1 aromatic heterocycles. The number of carboxylic acids is 1. The summed E-state index contributed by atoms with van der Waals surface area (Å²) >= 11 is 5.92. The second-order valence-corrected chi connectivity index (χ2v) is 10.5. The SMILES string of the molecule is O=C(N[C@@H](Cc1ccc(Cl)cc1)C(=O)O)c1cc(-c2cccc(C(F)(F)F)c2)nc(N2CCN(c3ccccc3)CC2)n1. The Bertz CT molecular complexity index is 1590. The number of aliphatic carboxylic acids is 1. The molecule has 0 bridgehead atoms. The van der Waals surface area contributed by atoms with Crippen LogP contribution in [0.2, 0.25) is 5.02 Å². The van der Waals surface area contributed by atoms with Gasteiger partial charge in [0.1, 0.15) is 11.7 Å². The molecule has 222 valence electrons. The summed E-state index contributed by atoms with van der Waals surface area (Å²) in [5, 5.41) is 12.8. The van der Waals surface area contributed by atoms with E-state index < -0.39 is 29.7 Å². The third kappa shape index (κ3) is 7.42. The van der Waals surface area contributed by atoms with Crippen LogP contribution < -0.4 is 15.1 Å². The molecule has 0 saturated carbocycles. The van der Waals surface area contributed by atoms with Gasteiger partial charge in [-0.1, -0.05) is 54.1 Å². The number of hydrogen-bond acceptors (Lipinski definition) is 6. The number of amides is 1. The number of carbonyl (C=O) groups is 2. The molecule has 12 heteroatoms. The molecule has 43 heavy (non-hydrogen) atoms. The molecule has 1 amide bonds. The first-order valence-electron chi connectivity index (χ1n) is 13.5. The minimum absolute atomic E-state index is 0.0158. The van der Waals surface area contributed by atoms with Crippen molar-refractivity contribution in [1.82, 2.24) is 15.3 Å². The van der Waals surface area contributed by atoms with Gasteiger partial charge in [-0.3, -0.25) is 4.79 Å². The van der Waals surface area contributed by atoms with Crippen molar-refractivity contribution in [2.24, 2.45) is 0 Å². The quantitative estimate of drug-likeness (QED) is 0.270. The summed E-state index contributed by atoms with van der Waals surface area (Å²) in [7, 11) is 0. The molecular weight excluding hydrogens is 583 g/mol. The lowest BCUT2D eigenvalue weighted by molar-refractivity contribution is -0.139. The predicted molar refractivity (Wildman–Crippen MR) is 157 cm³/mol. The number of carboxylic acid groups (broad SMARTS) is 1. The van der Waals surface area contributed by atoms with Crippen LogP contribution in [-0.4, -0.2) is 59.2 Å². The summed E-state index contributed by atoms with van der Waals surface area (Å²) in [6.45, 7) is 2.25. The van der Waals surface area contributed by atoms with Gasteiger partial charge in [-0.2, -0.15) is 13.2 Å². The zero-order valence-electron chi connectivity index (χ0n) is 22.8. The maximum absolute atomic E-state index is 13.5. The van der Waals surface area contributed by atoms with Gasteiger partial charge < -0.3 is 20.2 Å². The zero-order chi connectivity index (χ0) is 30.6. The lowest BCUT2D eigenvalue weighted by Gasteiger charge is -2.36. The summed E-state index contributed by atoms with van der Waals surface area (Å²) < 4.78 is 40.5. The normalized spacial score (nSPS) is 14.3. The van der Waals surface area contributed by atoms with E-state index in [0.717, 1.165) is 17.8 Å². The minimum Gasteiger partial charge on any atom is -0.480 e. The molecule has 8 nitrogen and oxygen atoms in total. The number of para-hydroxylation sites is 1. The van der Waals surface area contributed by atoms with Crippen LogP contribution in [0.25, 0.3) is 11.3 Å². The third-order valence-corrected chi connectivity index (χ3v) is 7.32. The van der Waals surface area contributed by atoms with Crippen molar-refractivity contribution in [3.05, 3.63) is 107 Å². The average Bonchev–Trinajstić information content (AvgIpc) is 3.01. The summed E-state index contributed by atoms with van der Waals surface area (Å²) in [5.74, 6) is -1.88. The van der Waals surface area contributed by atoms with Crippen molar-refractivity contribution in [3.63, 3.8) is 0 Å². The average molecular weight is 610 g/mol. The summed E-state index contributed by atoms with van der Waals surface area (Å²) in [4.78, 5) is 38.4. The van der Waals surface area contributed by atoms with Crippen molar-refractivity contribution in [3.8, 4) is 11.3 Å². The molecule has 2 N–H and O–H groups in total. The number of rotatable bonds is 8. The fourth-order valence-corrected chi connectivity index (χ4v) is 4.91. The Labute approximate surface area is 250 Å². The standard InChI is InChI=1S/C31H27ClF3N5O3/c32-23-11-9-20(10-12-23)17-27(29(42)43)36-28(41)26-19-25(21-5-4-6-22(18-21)31(33,34)35)37-30(38-26)40-15-13-39(14-16-40)24-7-2-1-3-8-24/h1-12,18-19,27H,13-17H2,(H,36,41)(H,42,43)/t27-/m0/s1. The van der Waals surface area contributed by atoms with Gasteiger partial charge in [-0.15, -0.1) is 0 Å². The van der Waals surface area contributed by atoms with Crippen LogP contribution >= 0.6 is 11.6 Å². The van der Waals surface area contributed by atoms with Crippen LogP contribution in [0.3, 0.4) is 0 Å². The Morgan fingerprint density at radius 1 is 0.884 bits per heavy atom. The van der Waals surface area contributed by atoms with Crippen LogP contribution in [0.15, 0.2) is 84.9 Å². The smallest absolute Gasteiger partial charge is 0.416 e. The second kappa shape index (κ2) is 12.7. The van der Waals surface area contributed by atoms with Gasteiger partial charge in [0.15, 0.2) is 0 Å². The van der Waals surface area contributed by atoms with Gasteiger partial charge in [0, 0.05) is 48.9 Å². The first kappa shape index (κ1) is 29.8. The van der Waals surface area contributed by atoms with E-state index in [1.165, 1.54) is 18.2 Å². The number of nitrogens with zero attached hydrogens (tertiary/aromatic N) is 4. The topological polar surface area (TPSA) is 98.7 Å². The van der Waals surface area contributed by atoms with E-state index in [4.69, 9.17) is 11.6 Å². The van der Waals surface area contributed by atoms with E-state index >= 15 is 0 Å². The highest BCUT2D eigenvalue weighted by molar-refractivity contribution is 6.30. The van der Waals surface area contributed by atoms with Crippen LogP contribution in [-0.2, 0) is 17.4 Å². The molecule has 1 saturated heterocycles. The second-order valence-electron chi connectivity index (χ2n) is 10.0. The molecule has 1 atom stereocenters. The molecule has 3 aromatic carbocycles. The highest BCUT2D eigenvalue weighted by atomic mass is 35.5. The highest BCUT2D eigenvalue weighted by Crippen LogP contribution is 2.32. The largest absolute Gasteiger partial charge is 0.480 e. The molecule has 5 rings (SSSR count). The van der Waals surface area contributed by atoms with E-state index in [9.17, 15) is 27.9 Å². The molecule has 0 unspecified atom stereocenters. The number of alkyl halides is 3. The number of anilines is 2. The van der Waals surface area contributed by atoms with Gasteiger partial charge >= 0.3 is 12.1 Å². The van der Waals surface area contributed by atoms with E-state index in [1.54, 1.807) is 24.3 Å². The highest BCUT2D eigenvalue weighted by Gasteiger charge is 2.31. The van der Waals surface area contributed by atoms with Crippen LogP contribution in [0.5, 0.6) is 0 Å². The fourth-order valence-electron chi connectivity index (χ4n) is 4.79. The van der Waals surface area contributed by atoms with Crippen LogP contribution in [0.1, 0.15) is 21.6 Å². The number of carbonyl (C=O) groups excluding carboxylic acids is 1. The maximum Gasteiger partial charge on any atom is 0.416 e. The molecule has 0 radical (unpaired) electrons. The van der Waals surface area contributed by atoms with Crippen molar-refractivity contribution in [2.45, 2.75) is 18.6 Å². The van der Waals surface area contributed by atoms with Gasteiger partial charge in [0.25, 0.3) is 5.91 Å². The lowest BCUT2D eigenvalue weighted by Crippen LogP contribution is -2.47. The van der Waals surface area contributed by atoms with E-state index in [0.29, 0.717) is 36.8 Å². The van der Waals surface area contributed by atoms with Crippen molar-refractivity contribution in [1.29, 1.82) is 0 Å². The molecular formula is C31H27ClF3N5O3. The maximum atomic E-state index is 13.5. The number of hydrogen-bond donors (Lipinski definition) is 2. The first-order chi connectivity index (χ1) is 20.6. The predicted octanol–water partition coefficient (Wildman–Crippen LogP) is 5.57.